The third-order valence-electron chi connectivity index (χ3n) is 18.6. The van der Waals surface area contributed by atoms with Crippen molar-refractivity contribution < 1.29 is 24.5 Å². The van der Waals surface area contributed by atoms with E-state index in [1.807, 2.05) is 6.08 Å². The molecule has 518 valence electrons. The lowest BCUT2D eigenvalue weighted by Crippen LogP contribution is -2.45. The summed E-state index contributed by atoms with van der Waals surface area (Å²) in [5, 5.41) is 23.3. The number of carbonyl (C=O) groups is 2. The van der Waals surface area contributed by atoms with Crippen LogP contribution in [0.15, 0.2) is 48.6 Å². The second-order valence-corrected chi connectivity index (χ2v) is 27.4. The molecule has 0 aromatic rings. The summed E-state index contributed by atoms with van der Waals surface area (Å²) in [5.74, 6) is -0.0581. The fourth-order valence-corrected chi connectivity index (χ4v) is 12.5. The number of aliphatic hydroxyl groups is 2. The topological polar surface area (TPSA) is 95.9 Å². The van der Waals surface area contributed by atoms with Crippen molar-refractivity contribution in [1.82, 2.24) is 5.32 Å². The largest absolute Gasteiger partial charge is 0.466 e. The van der Waals surface area contributed by atoms with Crippen LogP contribution in [0.4, 0.5) is 0 Å². The van der Waals surface area contributed by atoms with Crippen molar-refractivity contribution in [3.63, 3.8) is 0 Å². The van der Waals surface area contributed by atoms with Crippen molar-refractivity contribution in [2.75, 3.05) is 13.2 Å². The Morgan fingerprint density at radius 3 is 0.886 bits per heavy atom. The maximum Gasteiger partial charge on any atom is 0.305 e. The van der Waals surface area contributed by atoms with Crippen LogP contribution in [0, 0.1) is 0 Å². The van der Waals surface area contributed by atoms with E-state index in [2.05, 4.69) is 55.6 Å². The van der Waals surface area contributed by atoms with Crippen LogP contribution in [-0.4, -0.2) is 47.4 Å². The molecule has 2 atom stereocenters. The van der Waals surface area contributed by atoms with Crippen LogP contribution in [-0.2, 0) is 14.3 Å². The highest BCUT2D eigenvalue weighted by atomic mass is 16.5. The highest BCUT2D eigenvalue weighted by Gasteiger charge is 2.18. The zero-order chi connectivity index (χ0) is 63.5. The first-order valence-electron chi connectivity index (χ1n) is 39.9. The van der Waals surface area contributed by atoms with Gasteiger partial charge in [0.15, 0.2) is 0 Å². The molecule has 0 fully saturated rings. The van der Waals surface area contributed by atoms with Gasteiger partial charge in [0.05, 0.1) is 25.4 Å². The molecule has 6 heteroatoms. The lowest BCUT2D eigenvalue weighted by Gasteiger charge is -2.20. The van der Waals surface area contributed by atoms with Gasteiger partial charge in [-0.1, -0.05) is 383 Å². The van der Waals surface area contributed by atoms with E-state index < -0.39 is 12.1 Å². The third-order valence-corrected chi connectivity index (χ3v) is 18.6. The average molecular weight is 1240 g/mol. The Kier molecular flexibility index (Phi) is 75.4. The summed E-state index contributed by atoms with van der Waals surface area (Å²) < 4.78 is 5.49. The van der Waals surface area contributed by atoms with E-state index in [1.54, 1.807) is 6.08 Å². The molecule has 0 heterocycles. The molecule has 0 aliphatic rings. The zero-order valence-electron chi connectivity index (χ0n) is 59.5. The molecule has 3 N–H and O–H groups in total. The second kappa shape index (κ2) is 77.3. The minimum atomic E-state index is -0.846. The summed E-state index contributed by atoms with van der Waals surface area (Å²) in [4.78, 5) is 24.6. The molecule has 1 amide bonds. The Bertz CT molecular complexity index is 1470. The van der Waals surface area contributed by atoms with E-state index in [-0.39, 0.29) is 18.5 Å². The number of carbonyl (C=O) groups excluding carboxylic acids is 2. The van der Waals surface area contributed by atoms with Crippen LogP contribution in [0.3, 0.4) is 0 Å². The number of amides is 1. The predicted molar refractivity (Wildman–Crippen MR) is 389 cm³/mol. The van der Waals surface area contributed by atoms with Gasteiger partial charge in [0.1, 0.15) is 0 Å². The molecule has 0 rings (SSSR count). The van der Waals surface area contributed by atoms with Gasteiger partial charge in [-0.2, -0.15) is 0 Å². The Morgan fingerprint density at radius 2 is 0.568 bits per heavy atom. The molecule has 0 aliphatic heterocycles. The van der Waals surface area contributed by atoms with E-state index >= 15 is 0 Å². The number of allylic oxidation sites excluding steroid dienone is 7. The van der Waals surface area contributed by atoms with E-state index in [0.717, 1.165) is 51.4 Å². The number of hydrogen-bond donors (Lipinski definition) is 3. The van der Waals surface area contributed by atoms with Crippen molar-refractivity contribution in [2.45, 2.75) is 450 Å². The van der Waals surface area contributed by atoms with Crippen LogP contribution in [0.5, 0.6) is 0 Å². The lowest BCUT2D eigenvalue weighted by atomic mass is 10.0. The fourth-order valence-electron chi connectivity index (χ4n) is 12.5. The third kappa shape index (κ3) is 72.9. The number of unbranched alkanes of at least 4 members (excludes halogenated alkanes) is 58. The monoisotopic (exact) mass is 1230 g/mol. The van der Waals surface area contributed by atoms with Crippen LogP contribution < -0.4 is 5.32 Å². The summed E-state index contributed by atoms with van der Waals surface area (Å²) in [5.41, 5.74) is 0. The second-order valence-electron chi connectivity index (χ2n) is 27.4. The van der Waals surface area contributed by atoms with Crippen molar-refractivity contribution in [3.8, 4) is 0 Å². The van der Waals surface area contributed by atoms with E-state index in [4.69, 9.17) is 4.74 Å². The smallest absolute Gasteiger partial charge is 0.305 e. The van der Waals surface area contributed by atoms with Gasteiger partial charge in [0, 0.05) is 12.8 Å². The standard InChI is InChI=1S/C82H155NO5/c1-3-5-7-9-11-13-15-17-19-21-22-23-24-31-34-37-40-43-46-50-54-58-62-66-70-74-80(85)79(78-84)83-81(86)75-71-67-63-59-55-51-47-44-41-38-35-32-29-27-25-26-28-30-33-36-39-42-45-49-53-57-61-65-69-73-77-88-82(87)76-72-68-64-60-56-52-48-20-18-16-14-12-10-8-6-4-2/h14,16,20,26,28,48,70,74,79-80,84-85H,3-13,15,17-19,21-25,27,29-47,49-69,71-73,75-78H2,1-2H3,(H,83,86)/b16-14-,28-26-,48-20-,74-70+. The Labute approximate surface area is 550 Å². The SMILES string of the molecule is CCCCCC/C=C\C/C=C\CCCCCCCC(=O)OCCCCCCCCCCCCCC/C=C\CCCCCCCCCCCCCCCCC(=O)NC(CO)C(O)/C=C/CCCCCCCCCCCCCCCCCCCCCCCCC. The summed E-state index contributed by atoms with van der Waals surface area (Å²) >= 11 is 0. The molecule has 0 saturated carbocycles. The van der Waals surface area contributed by atoms with Crippen LogP contribution in [0.1, 0.15) is 438 Å². The molecule has 0 spiro atoms. The first kappa shape index (κ1) is 85.8. The van der Waals surface area contributed by atoms with Gasteiger partial charge in [-0.15, -0.1) is 0 Å². The van der Waals surface area contributed by atoms with Gasteiger partial charge in [-0.3, -0.25) is 9.59 Å². The molecular weight excluding hydrogens is 1080 g/mol. The van der Waals surface area contributed by atoms with Crippen molar-refractivity contribution in [1.29, 1.82) is 0 Å². The van der Waals surface area contributed by atoms with E-state index in [1.165, 1.54) is 360 Å². The Morgan fingerprint density at radius 1 is 0.318 bits per heavy atom. The molecule has 2 unspecified atom stereocenters. The molecule has 0 radical (unpaired) electrons. The maximum atomic E-state index is 12.6. The summed E-state index contributed by atoms with van der Waals surface area (Å²) in [6, 6.07) is -0.629. The molecule has 6 nitrogen and oxygen atoms in total. The van der Waals surface area contributed by atoms with Crippen LogP contribution >= 0.6 is 0 Å². The van der Waals surface area contributed by atoms with E-state index in [0.29, 0.717) is 19.4 Å². The zero-order valence-corrected chi connectivity index (χ0v) is 59.5. The van der Waals surface area contributed by atoms with Crippen molar-refractivity contribution >= 4 is 11.9 Å². The average Bonchev–Trinajstić information content (AvgIpc) is 3.58. The van der Waals surface area contributed by atoms with Gasteiger partial charge < -0.3 is 20.3 Å². The van der Waals surface area contributed by atoms with Gasteiger partial charge in [-0.25, -0.2) is 0 Å². The molecule has 0 aromatic heterocycles. The lowest BCUT2D eigenvalue weighted by molar-refractivity contribution is -0.143. The molecule has 88 heavy (non-hydrogen) atoms. The number of rotatable bonds is 75. The van der Waals surface area contributed by atoms with Crippen LogP contribution in [0.2, 0.25) is 0 Å². The first-order valence-corrected chi connectivity index (χ1v) is 39.9. The van der Waals surface area contributed by atoms with Gasteiger partial charge in [0.2, 0.25) is 5.91 Å². The molecule has 0 aromatic carbocycles. The van der Waals surface area contributed by atoms with E-state index in [9.17, 15) is 19.8 Å². The normalized spacial score (nSPS) is 12.7. The predicted octanol–water partition coefficient (Wildman–Crippen LogP) is 26.4. The minimum absolute atomic E-state index is 0.00383. The van der Waals surface area contributed by atoms with Crippen molar-refractivity contribution in [2.24, 2.45) is 0 Å². The number of hydrogen-bond acceptors (Lipinski definition) is 5. The number of nitrogens with one attached hydrogen (secondary N) is 1. The Balaban J connectivity index is 3.40. The maximum absolute atomic E-state index is 12.6. The molecule has 0 aliphatic carbocycles. The highest BCUT2D eigenvalue weighted by molar-refractivity contribution is 5.76. The summed E-state index contributed by atoms with van der Waals surface area (Å²) in [7, 11) is 0. The first-order chi connectivity index (χ1) is 43.5. The quantitative estimate of drug-likeness (QED) is 0.0320. The minimum Gasteiger partial charge on any atom is -0.466 e. The fraction of sp³-hybridized carbons (Fsp3) is 0.878. The summed E-state index contributed by atoms with van der Waals surface area (Å²) in [6.45, 7) is 4.92. The van der Waals surface area contributed by atoms with Crippen LogP contribution in [0.25, 0.3) is 0 Å². The number of esters is 1. The van der Waals surface area contributed by atoms with Crippen molar-refractivity contribution in [3.05, 3.63) is 48.6 Å². The van der Waals surface area contributed by atoms with Gasteiger partial charge in [-0.05, 0) is 89.9 Å². The highest BCUT2D eigenvalue weighted by Crippen LogP contribution is 2.19. The molecular formula is C82H155NO5. The number of ether oxygens (including phenoxy) is 1. The van der Waals surface area contributed by atoms with Gasteiger partial charge >= 0.3 is 5.97 Å². The number of aliphatic hydroxyl groups excluding tert-OH is 2. The molecule has 0 bridgehead atoms. The molecule has 0 saturated heterocycles. The summed E-state index contributed by atoms with van der Waals surface area (Å²) in [6.07, 6.45) is 102. The Hall–Kier alpha value is -2.18. The van der Waals surface area contributed by atoms with Gasteiger partial charge in [0.25, 0.3) is 0 Å².